The summed E-state index contributed by atoms with van der Waals surface area (Å²) in [6, 6.07) is 0.287. The molecule has 0 aromatic carbocycles. The lowest BCUT2D eigenvalue weighted by molar-refractivity contribution is -0.386. The highest BCUT2D eigenvalue weighted by molar-refractivity contribution is 5.47. The van der Waals surface area contributed by atoms with E-state index in [1.54, 1.807) is 20.0 Å². The van der Waals surface area contributed by atoms with Crippen molar-refractivity contribution in [3.8, 4) is 0 Å². The van der Waals surface area contributed by atoms with Gasteiger partial charge in [-0.25, -0.2) is 0 Å². The highest BCUT2D eigenvalue weighted by Gasteiger charge is 2.22. The van der Waals surface area contributed by atoms with Crippen LogP contribution in [0.3, 0.4) is 0 Å². The van der Waals surface area contributed by atoms with Crippen molar-refractivity contribution in [3.63, 3.8) is 0 Å². The van der Waals surface area contributed by atoms with Gasteiger partial charge in [0.15, 0.2) is 0 Å². The first-order valence-corrected chi connectivity index (χ1v) is 6.95. The maximum Gasteiger partial charge on any atom is 0.278 e. The lowest BCUT2D eigenvalue weighted by atomic mass is 9.94. The molecule has 1 aliphatic carbocycles. The fraction of sp³-hybridized carbons (Fsp3) is 0.643. The fourth-order valence-electron chi connectivity index (χ4n) is 2.64. The molecule has 2 N–H and O–H groups in total. The van der Waals surface area contributed by atoms with Crippen LogP contribution in [-0.2, 0) is 11.3 Å². The summed E-state index contributed by atoms with van der Waals surface area (Å²) in [5, 5.41) is 11.1. The van der Waals surface area contributed by atoms with E-state index >= 15 is 0 Å². The van der Waals surface area contributed by atoms with Crippen LogP contribution in [0, 0.1) is 24.0 Å². The Morgan fingerprint density at radius 1 is 1.40 bits per heavy atom. The van der Waals surface area contributed by atoms with E-state index in [4.69, 9.17) is 10.5 Å². The second kappa shape index (κ2) is 6.28. The van der Waals surface area contributed by atoms with Crippen molar-refractivity contribution in [2.24, 2.45) is 5.73 Å². The van der Waals surface area contributed by atoms with E-state index in [0.29, 0.717) is 23.4 Å². The minimum atomic E-state index is -0.352. The Balaban J connectivity index is 2.03. The molecule has 0 atom stereocenters. The number of nitro groups is 1. The molecule has 0 unspecified atom stereocenters. The third-order valence-electron chi connectivity index (χ3n) is 3.93. The van der Waals surface area contributed by atoms with E-state index in [9.17, 15) is 10.1 Å². The molecular weight excluding hydrogens is 258 g/mol. The number of pyridine rings is 1. The van der Waals surface area contributed by atoms with E-state index < -0.39 is 0 Å². The van der Waals surface area contributed by atoms with Crippen molar-refractivity contribution in [1.82, 2.24) is 4.98 Å². The molecule has 6 nitrogen and oxygen atoms in total. The number of ether oxygens (including phenoxy) is 1. The topological polar surface area (TPSA) is 91.3 Å². The van der Waals surface area contributed by atoms with Gasteiger partial charge in [0.25, 0.3) is 5.69 Å². The molecule has 2 rings (SSSR count). The second-order valence-electron chi connectivity index (χ2n) is 5.47. The van der Waals surface area contributed by atoms with Gasteiger partial charge in [0, 0.05) is 17.8 Å². The molecule has 1 saturated carbocycles. The van der Waals surface area contributed by atoms with Gasteiger partial charge in [-0.1, -0.05) is 0 Å². The zero-order valence-electron chi connectivity index (χ0n) is 12.0. The molecule has 6 heteroatoms. The van der Waals surface area contributed by atoms with Crippen LogP contribution >= 0.6 is 0 Å². The molecule has 1 fully saturated rings. The molecular formula is C14H21N3O3. The Kier molecular flexibility index (Phi) is 4.67. The number of hydrogen-bond acceptors (Lipinski definition) is 5. The van der Waals surface area contributed by atoms with E-state index in [0.717, 1.165) is 25.7 Å². The Labute approximate surface area is 118 Å². The second-order valence-corrected chi connectivity index (χ2v) is 5.47. The third-order valence-corrected chi connectivity index (χ3v) is 3.93. The average molecular weight is 279 g/mol. The Morgan fingerprint density at radius 2 is 2.05 bits per heavy atom. The molecule has 0 saturated heterocycles. The van der Waals surface area contributed by atoms with E-state index in [2.05, 4.69) is 4.98 Å². The van der Waals surface area contributed by atoms with Crippen molar-refractivity contribution in [2.45, 2.75) is 58.3 Å². The third kappa shape index (κ3) is 3.32. The van der Waals surface area contributed by atoms with Crippen molar-refractivity contribution in [1.29, 1.82) is 0 Å². The summed E-state index contributed by atoms with van der Waals surface area (Å²) < 4.78 is 5.83. The van der Waals surface area contributed by atoms with E-state index in [1.165, 1.54) is 0 Å². The summed E-state index contributed by atoms with van der Waals surface area (Å²) in [4.78, 5) is 15.0. The predicted molar refractivity (Wildman–Crippen MR) is 75.4 cm³/mol. The lowest BCUT2D eigenvalue weighted by Crippen LogP contribution is -2.30. The van der Waals surface area contributed by atoms with Crippen molar-refractivity contribution in [2.75, 3.05) is 0 Å². The maximum absolute atomic E-state index is 11.1. The molecule has 1 aliphatic rings. The standard InChI is InChI=1S/C14H21N3O3/c1-9-7-16-13(10(2)14(9)17(18)19)8-20-12-5-3-11(15)4-6-12/h7,11-12H,3-6,8,15H2,1-2H3. The molecule has 0 spiro atoms. The highest BCUT2D eigenvalue weighted by Crippen LogP contribution is 2.26. The molecule has 110 valence electrons. The van der Waals surface area contributed by atoms with Gasteiger partial charge in [-0.15, -0.1) is 0 Å². The largest absolute Gasteiger partial charge is 0.372 e. The monoisotopic (exact) mass is 279 g/mol. The molecule has 1 heterocycles. The van der Waals surface area contributed by atoms with Gasteiger partial charge >= 0.3 is 0 Å². The molecule has 0 amide bonds. The lowest BCUT2D eigenvalue weighted by Gasteiger charge is -2.26. The van der Waals surface area contributed by atoms with Crippen LogP contribution in [0.1, 0.15) is 42.5 Å². The predicted octanol–water partition coefficient (Wildman–Crippen LogP) is 2.39. The first-order chi connectivity index (χ1) is 9.49. The highest BCUT2D eigenvalue weighted by atomic mass is 16.6. The smallest absolute Gasteiger partial charge is 0.278 e. The maximum atomic E-state index is 11.1. The van der Waals surface area contributed by atoms with Crippen LogP contribution < -0.4 is 5.73 Å². The van der Waals surface area contributed by atoms with Gasteiger partial charge in [-0.05, 0) is 39.5 Å². The number of hydrogen-bond donors (Lipinski definition) is 1. The van der Waals surface area contributed by atoms with Gasteiger partial charge < -0.3 is 10.5 Å². The normalized spacial score (nSPS) is 22.8. The van der Waals surface area contributed by atoms with E-state index in [1.807, 2.05) is 0 Å². The number of nitrogens with zero attached hydrogens (tertiary/aromatic N) is 2. The van der Waals surface area contributed by atoms with Gasteiger partial charge in [-0.2, -0.15) is 0 Å². The van der Waals surface area contributed by atoms with Crippen molar-refractivity contribution >= 4 is 5.69 Å². The van der Waals surface area contributed by atoms with Crippen molar-refractivity contribution in [3.05, 3.63) is 33.1 Å². The zero-order valence-corrected chi connectivity index (χ0v) is 12.0. The summed E-state index contributed by atoms with van der Waals surface area (Å²) in [6.07, 6.45) is 5.59. The SMILES string of the molecule is Cc1cnc(COC2CCC(N)CC2)c(C)c1[N+](=O)[O-]. The Morgan fingerprint density at radius 3 is 2.65 bits per heavy atom. The first kappa shape index (κ1) is 14.9. The summed E-state index contributed by atoms with van der Waals surface area (Å²) in [6.45, 7) is 3.76. The first-order valence-electron chi connectivity index (χ1n) is 6.95. The molecule has 0 radical (unpaired) electrons. The summed E-state index contributed by atoms with van der Waals surface area (Å²) in [5.41, 5.74) is 7.83. The summed E-state index contributed by atoms with van der Waals surface area (Å²) >= 11 is 0. The van der Waals surface area contributed by atoms with Crippen LogP contribution in [-0.4, -0.2) is 22.1 Å². The molecule has 1 aromatic heterocycles. The minimum Gasteiger partial charge on any atom is -0.372 e. The number of rotatable bonds is 4. The van der Waals surface area contributed by atoms with Gasteiger partial charge in [0.05, 0.1) is 28.9 Å². The summed E-state index contributed by atoms with van der Waals surface area (Å²) in [7, 11) is 0. The number of nitrogens with two attached hydrogens (primary N) is 1. The number of aryl methyl sites for hydroxylation is 1. The van der Waals surface area contributed by atoms with Crippen LogP contribution in [0.5, 0.6) is 0 Å². The number of aromatic nitrogens is 1. The van der Waals surface area contributed by atoms with Crippen LogP contribution in [0.15, 0.2) is 6.20 Å². The van der Waals surface area contributed by atoms with Crippen LogP contribution in [0.4, 0.5) is 5.69 Å². The van der Waals surface area contributed by atoms with E-state index in [-0.39, 0.29) is 22.8 Å². The summed E-state index contributed by atoms with van der Waals surface area (Å²) in [5.74, 6) is 0. The molecule has 20 heavy (non-hydrogen) atoms. The van der Waals surface area contributed by atoms with Gasteiger partial charge in [0.1, 0.15) is 0 Å². The zero-order chi connectivity index (χ0) is 14.7. The Hall–Kier alpha value is -1.53. The van der Waals surface area contributed by atoms with Crippen molar-refractivity contribution < 1.29 is 9.66 Å². The Bertz CT molecular complexity index is 497. The molecule has 0 aliphatic heterocycles. The van der Waals surface area contributed by atoms with Gasteiger partial charge in [-0.3, -0.25) is 15.1 Å². The van der Waals surface area contributed by atoms with Crippen LogP contribution in [0.2, 0.25) is 0 Å². The minimum absolute atomic E-state index is 0.143. The fourth-order valence-corrected chi connectivity index (χ4v) is 2.64. The molecule has 1 aromatic rings. The quantitative estimate of drug-likeness (QED) is 0.675. The molecule has 0 bridgehead atoms. The van der Waals surface area contributed by atoms with Crippen LogP contribution in [0.25, 0.3) is 0 Å². The van der Waals surface area contributed by atoms with Gasteiger partial charge in [0.2, 0.25) is 0 Å². The average Bonchev–Trinajstić information content (AvgIpc) is 2.39.